The highest BCUT2D eigenvalue weighted by Gasteiger charge is 2.06. The van der Waals surface area contributed by atoms with E-state index < -0.39 is 0 Å². The van der Waals surface area contributed by atoms with E-state index in [0.717, 1.165) is 31.8 Å². The van der Waals surface area contributed by atoms with Crippen molar-refractivity contribution in [3.63, 3.8) is 0 Å². The first-order valence-corrected chi connectivity index (χ1v) is 6.74. The predicted octanol–water partition coefficient (Wildman–Crippen LogP) is 3.46. The van der Waals surface area contributed by atoms with E-state index in [2.05, 4.69) is 27.6 Å². The number of nitrogens with zero attached hydrogens (tertiary/aromatic N) is 1. The van der Waals surface area contributed by atoms with E-state index in [1.807, 2.05) is 38.1 Å². The third-order valence-corrected chi connectivity index (χ3v) is 3.52. The van der Waals surface area contributed by atoms with Crippen LogP contribution in [0.4, 0.5) is 5.69 Å². The molecule has 2 rings (SSSR count). The lowest BCUT2D eigenvalue weighted by atomic mass is 10.1. The van der Waals surface area contributed by atoms with Gasteiger partial charge in [0, 0.05) is 15.5 Å². The molecule has 18 heavy (non-hydrogen) atoms. The molecule has 94 valence electrons. The number of hydrogen-bond acceptors (Lipinski definition) is 3. The number of aromatic nitrogens is 1. The number of ether oxygens (including phenoxy) is 1. The van der Waals surface area contributed by atoms with Crippen LogP contribution in [-0.2, 0) is 6.61 Å². The molecule has 1 aromatic heterocycles. The zero-order valence-electron chi connectivity index (χ0n) is 10.4. The van der Waals surface area contributed by atoms with Crippen LogP contribution in [0.15, 0.2) is 30.5 Å². The predicted molar refractivity (Wildman–Crippen MR) is 81.6 cm³/mol. The minimum atomic E-state index is 0.441. The van der Waals surface area contributed by atoms with E-state index >= 15 is 0 Å². The molecule has 0 aliphatic heterocycles. The van der Waals surface area contributed by atoms with Gasteiger partial charge in [-0.15, -0.1) is 0 Å². The van der Waals surface area contributed by atoms with Crippen LogP contribution in [-0.4, -0.2) is 4.98 Å². The number of halogens is 1. The lowest BCUT2D eigenvalue weighted by molar-refractivity contribution is 0.300. The van der Waals surface area contributed by atoms with E-state index in [-0.39, 0.29) is 0 Å². The van der Waals surface area contributed by atoms with Crippen molar-refractivity contribution in [3.8, 4) is 5.75 Å². The highest BCUT2D eigenvalue weighted by Crippen LogP contribution is 2.20. The summed E-state index contributed by atoms with van der Waals surface area (Å²) >= 11 is 2.26. The fourth-order valence-electron chi connectivity index (χ4n) is 1.65. The van der Waals surface area contributed by atoms with Gasteiger partial charge >= 0.3 is 0 Å². The van der Waals surface area contributed by atoms with Gasteiger partial charge in [0.2, 0.25) is 0 Å². The topological polar surface area (TPSA) is 48.1 Å². The van der Waals surface area contributed by atoms with Gasteiger partial charge in [0.05, 0.1) is 5.69 Å². The van der Waals surface area contributed by atoms with Crippen molar-refractivity contribution in [2.75, 3.05) is 5.73 Å². The van der Waals surface area contributed by atoms with Crippen molar-refractivity contribution < 1.29 is 4.74 Å². The van der Waals surface area contributed by atoms with Crippen molar-refractivity contribution in [2.45, 2.75) is 20.5 Å². The van der Waals surface area contributed by atoms with Gasteiger partial charge in [-0.25, -0.2) is 0 Å². The Bertz CT molecular complexity index is 570. The van der Waals surface area contributed by atoms with Crippen LogP contribution in [0, 0.1) is 17.4 Å². The molecule has 0 spiro atoms. The molecule has 0 unspecified atom stereocenters. The molecular weight excluding hydrogens is 339 g/mol. The minimum Gasteiger partial charge on any atom is -0.487 e. The largest absolute Gasteiger partial charge is 0.487 e. The van der Waals surface area contributed by atoms with E-state index in [1.54, 1.807) is 6.20 Å². The Balaban J connectivity index is 2.14. The Morgan fingerprint density at radius 2 is 2.11 bits per heavy atom. The van der Waals surface area contributed by atoms with E-state index in [4.69, 9.17) is 10.5 Å². The summed E-state index contributed by atoms with van der Waals surface area (Å²) in [6, 6.07) is 7.93. The molecule has 0 aliphatic rings. The standard InChI is InChI=1S/C14H15IN2O/c1-9-7-17-13(10(2)14(9)16)8-18-12-5-3-4-11(15)6-12/h3-7H,8H2,1-2H3,(H2,16,17). The number of hydrogen-bond donors (Lipinski definition) is 1. The Kier molecular flexibility index (Phi) is 4.06. The summed E-state index contributed by atoms with van der Waals surface area (Å²) in [6.07, 6.45) is 1.79. The van der Waals surface area contributed by atoms with Gasteiger partial charge < -0.3 is 10.5 Å². The summed E-state index contributed by atoms with van der Waals surface area (Å²) in [5, 5.41) is 0. The molecule has 0 fully saturated rings. The second-order valence-corrected chi connectivity index (χ2v) is 5.42. The summed E-state index contributed by atoms with van der Waals surface area (Å²) in [5.41, 5.74) is 9.67. The van der Waals surface area contributed by atoms with Crippen molar-refractivity contribution in [2.24, 2.45) is 0 Å². The minimum absolute atomic E-state index is 0.441. The fraction of sp³-hybridized carbons (Fsp3) is 0.214. The molecule has 0 bridgehead atoms. The smallest absolute Gasteiger partial charge is 0.131 e. The van der Waals surface area contributed by atoms with Gasteiger partial charge in [-0.3, -0.25) is 4.98 Å². The molecule has 3 nitrogen and oxygen atoms in total. The van der Waals surface area contributed by atoms with Crippen LogP contribution in [0.1, 0.15) is 16.8 Å². The number of nitrogens with two attached hydrogens (primary N) is 1. The Labute approximate surface area is 121 Å². The summed E-state index contributed by atoms with van der Waals surface area (Å²) in [7, 11) is 0. The first-order chi connectivity index (χ1) is 8.58. The van der Waals surface area contributed by atoms with Crippen LogP contribution in [0.2, 0.25) is 0 Å². The molecule has 0 atom stereocenters. The normalized spacial score (nSPS) is 10.4. The maximum Gasteiger partial charge on any atom is 0.131 e. The first-order valence-electron chi connectivity index (χ1n) is 5.67. The third kappa shape index (κ3) is 2.93. The molecular formula is C14H15IN2O. The summed E-state index contributed by atoms with van der Waals surface area (Å²) < 4.78 is 6.88. The maximum absolute atomic E-state index is 5.98. The number of anilines is 1. The van der Waals surface area contributed by atoms with Gasteiger partial charge in [0.1, 0.15) is 12.4 Å². The fourth-order valence-corrected chi connectivity index (χ4v) is 2.16. The Morgan fingerprint density at radius 3 is 2.83 bits per heavy atom. The number of aryl methyl sites for hydroxylation is 1. The van der Waals surface area contributed by atoms with Crippen molar-refractivity contribution in [3.05, 3.63) is 50.9 Å². The lowest BCUT2D eigenvalue weighted by Crippen LogP contribution is -2.05. The van der Waals surface area contributed by atoms with Crippen LogP contribution >= 0.6 is 22.6 Å². The van der Waals surface area contributed by atoms with Crippen LogP contribution < -0.4 is 10.5 Å². The van der Waals surface area contributed by atoms with E-state index in [0.29, 0.717) is 6.61 Å². The molecule has 0 amide bonds. The second-order valence-electron chi connectivity index (χ2n) is 4.17. The SMILES string of the molecule is Cc1cnc(COc2cccc(I)c2)c(C)c1N. The van der Waals surface area contributed by atoms with Gasteiger partial charge in [0.15, 0.2) is 0 Å². The second kappa shape index (κ2) is 5.56. The number of benzene rings is 1. The van der Waals surface area contributed by atoms with Gasteiger partial charge in [0.25, 0.3) is 0 Å². The third-order valence-electron chi connectivity index (χ3n) is 2.85. The molecule has 1 heterocycles. The highest BCUT2D eigenvalue weighted by atomic mass is 127. The Hall–Kier alpha value is -1.30. The molecule has 1 aromatic carbocycles. The quantitative estimate of drug-likeness (QED) is 0.859. The highest BCUT2D eigenvalue weighted by molar-refractivity contribution is 14.1. The monoisotopic (exact) mass is 354 g/mol. The number of pyridine rings is 1. The van der Waals surface area contributed by atoms with Gasteiger partial charge in [-0.05, 0) is 65.8 Å². The molecule has 0 saturated heterocycles. The molecule has 2 N–H and O–H groups in total. The average Bonchev–Trinajstić information content (AvgIpc) is 2.35. The van der Waals surface area contributed by atoms with Gasteiger partial charge in [-0.1, -0.05) is 6.07 Å². The summed E-state index contributed by atoms with van der Waals surface area (Å²) in [5.74, 6) is 0.849. The average molecular weight is 354 g/mol. The maximum atomic E-state index is 5.98. The zero-order valence-corrected chi connectivity index (χ0v) is 12.6. The molecule has 2 aromatic rings. The van der Waals surface area contributed by atoms with Crippen LogP contribution in [0.25, 0.3) is 0 Å². The molecule has 0 saturated carbocycles. The van der Waals surface area contributed by atoms with Crippen molar-refractivity contribution >= 4 is 28.3 Å². The summed E-state index contributed by atoms with van der Waals surface area (Å²) in [4.78, 5) is 4.37. The number of rotatable bonds is 3. The number of nitrogen functional groups attached to an aromatic ring is 1. The Morgan fingerprint density at radius 1 is 1.33 bits per heavy atom. The zero-order chi connectivity index (χ0) is 13.1. The van der Waals surface area contributed by atoms with E-state index in [9.17, 15) is 0 Å². The molecule has 4 heteroatoms. The van der Waals surface area contributed by atoms with Gasteiger partial charge in [-0.2, -0.15) is 0 Å². The molecule has 0 aliphatic carbocycles. The first kappa shape index (κ1) is 13.1. The van der Waals surface area contributed by atoms with Crippen LogP contribution in [0.5, 0.6) is 5.75 Å². The van der Waals surface area contributed by atoms with Crippen molar-refractivity contribution in [1.29, 1.82) is 0 Å². The lowest BCUT2D eigenvalue weighted by Gasteiger charge is -2.11. The summed E-state index contributed by atoms with van der Waals surface area (Å²) in [6.45, 7) is 4.37. The van der Waals surface area contributed by atoms with Crippen LogP contribution in [0.3, 0.4) is 0 Å². The van der Waals surface area contributed by atoms with E-state index in [1.165, 1.54) is 0 Å². The molecule has 0 radical (unpaired) electrons. The van der Waals surface area contributed by atoms with Crippen molar-refractivity contribution in [1.82, 2.24) is 4.98 Å².